The van der Waals surface area contributed by atoms with Crippen molar-refractivity contribution in [3.63, 3.8) is 0 Å². The highest BCUT2D eigenvalue weighted by Gasteiger charge is 2.38. The van der Waals surface area contributed by atoms with E-state index in [0.29, 0.717) is 5.69 Å². The molecule has 0 spiro atoms. The minimum Gasteiger partial charge on any atom is -0.382 e. The van der Waals surface area contributed by atoms with Crippen LogP contribution in [0.25, 0.3) is 0 Å². The molecule has 0 saturated heterocycles. The van der Waals surface area contributed by atoms with E-state index in [9.17, 15) is 24.0 Å². The van der Waals surface area contributed by atoms with Crippen LogP contribution < -0.4 is 27.4 Å². The van der Waals surface area contributed by atoms with Crippen molar-refractivity contribution in [2.75, 3.05) is 32.2 Å². The van der Waals surface area contributed by atoms with Crippen LogP contribution in [0.2, 0.25) is 0 Å². The molecule has 0 radical (unpaired) electrons. The summed E-state index contributed by atoms with van der Waals surface area (Å²) in [6.45, 7) is 4.41. The van der Waals surface area contributed by atoms with Gasteiger partial charge in [-0.2, -0.15) is 0 Å². The van der Waals surface area contributed by atoms with Crippen LogP contribution in [0.15, 0.2) is 24.3 Å². The van der Waals surface area contributed by atoms with Crippen molar-refractivity contribution in [2.24, 2.45) is 11.5 Å². The molecular formula is C22H33N5O7. The minimum atomic E-state index is -1.96. The standard InChI is InChI=1S/C22H33N5O7/c1-13-5-7-15(8-6-13)26-20(31)16(11-18(23)29)27-19(30)14(2)25-21(32)22(3,24)17(28)12-34-10-9-33-4/h5-8,14,16H,9-12,24H2,1-4H3,(H2,23,29)(H,25,32)(H,26,31)(H,27,30)/t14-,16-,22+/m0/s1. The third-order valence-electron chi connectivity index (χ3n) is 4.81. The number of hydrogen-bond donors (Lipinski definition) is 5. The van der Waals surface area contributed by atoms with Gasteiger partial charge in [0.05, 0.1) is 19.6 Å². The van der Waals surface area contributed by atoms with Crippen molar-refractivity contribution in [3.05, 3.63) is 29.8 Å². The predicted molar refractivity (Wildman–Crippen MR) is 123 cm³/mol. The number of carbonyl (C=O) groups excluding carboxylic acids is 5. The molecule has 0 bridgehead atoms. The van der Waals surface area contributed by atoms with E-state index in [4.69, 9.17) is 20.9 Å². The molecule has 188 valence electrons. The van der Waals surface area contributed by atoms with Crippen LogP contribution in [-0.2, 0) is 33.4 Å². The summed E-state index contributed by atoms with van der Waals surface area (Å²) in [5, 5.41) is 7.31. The number of nitrogens with one attached hydrogen (secondary N) is 3. The van der Waals surface area contributed by atoms with Gasteiger partial charge in [0.25, 0.3) is 0 Å². The lowest BCUT2D eigenvalue weighted by Crippen LogP contribution is -2.62. The summed E-state index contributed by atoms with van der Waals surface area (Å²) in [4.78, 5) is 61.4. The quantitative estimate of drug-likeness (QED) is 0.161. The molecule has 4 amide bonds. The highest BCUT2D eigenvalue weighted by molar-refractivity contribution is 6.11. The van der Waals surface area contributed by atoms with Crippen LogP contribution in [0.1, 0.15) is 25.8 Å². The van der Waals surface area contributed by atoms with Gasteiger partial charge in [0.2, 0.25) is 23.6 Å². The Hall–Kier alpha value is -3.35. The highest BCUT2D eigenvalue weighted by Crippen LogP contribution is 2.10. The fourth-order valence-corrected chi connectivity index (χ4v) is 2.57. The molecular weight excluding hydrogens is 446 g/mol. The number of benzene rings is 1. The van der Waals surface area contributed by atoms with Gasteiger partial charge in [0.1, 0.15) is 18.7 Å². The van der Waals surface area contributed by atoms with Gasteiger partial charge in [-0.3, -0.25) is 24.0 Å². The number of anilines is 1. The fourth-order valence-electron chi connectivity index (χ4n) is 2.57. The van der Waals surface area contributed by atoms with E-state index in [1.165, 1.54) is 21.0 Å². The maximum Gasteiger partial charge on any atom is 0.248 e. The van der Waals surface area contributed by atoms with E-state index in [-0.39, 0.29) is 13.2 Å². The molecule has 0 heterocycles. The summed E-state index contributed by atoms with van der Waals surface area (Å²) >= 11 is 0. The Morgan fingerprint density at radius 1 is 1.03 bits per heavy atom. The molecule has 0 aliphatic heterocycles. The lowest BCUT2D eigenvalue weighted by atomic mass is 9.96. The molecule has 0 aliphatic rings. The van der Waals surface area contributed by atoms with Crippen molar-refractivity contribution >= 4 is 35.1 Å². The van der Waals surface area contributed by atoms with E-state index in [1.54, 1.807) is 24.3 Å². The van der Waals surface area contributed by atoms with Gasteiger partial charge < -0.3 is 36.9 Å². The number of rotatable bonds is 14. The largest absolute Gasteiger partial charge is 0.382 e. The number of nitrogens with two attached hydrogens (primary N) is 2. The number of ether oxygens (including phenoxy) is 2. The highest BCUT2D eigenvalue weighted by atomic mass is 16.5. The number of methoxy groups -OCH3 is 1. The smallest absolute Gasteiger partial charge is 0.248 e. The van der Waals surface area contributed by atoms with Crippen molar-refractivity contribution in [1.29, 1.82) is 0 Å². The second-order valence-electron chi connectivity index (χ2n) is 7.95. The lowest BCUT2D eigenvalue weighted by Gasteiger charge is -2.25. The van der Waals surface area contributed by atoms with Crippen LogP contribution in [0.4, 0.5) is 5.69 Å². The van der Waals surface area contributed by atoms with E-state index in [2.05, 4.69) is 16.0 Å². The van der Waals surface area contributed by atoms with E-state index < -0.39 is 60.1 Å². The molecule has 0 aromatic heterocycles. The monoisotopic (exact) mass is 479 g/mol. The maximum atomic E-state index is 12.6. The van der Waals surface area contributed by atoms with E-state index >= 15 is 0 Å². The van der Waals surface area contributed by atoms with Gasteiger partial charge >= 0.3 is 0 Å². The number of amides is 4. The fraction of sp³-hybridized carbons (Fsp3) is 0.500. The van der Waals surface area contributed by atoms with Crippen molar-refractivity contribution < 1.29 is 33.4 Å². The average Bonchev–Trinajstić information content (AvgIpc) is 2.77. The van der Waals surface area contributed by atoms with Crippen molar-refractivity contribution in [2.45, 2.75) is 44.8 Å². The van der Waals surface area contributed by atoms with E-state index in [0.717, 1.165) is 5.56 Å². The third-order valence-corrected chi connectivity index (χ3v) is 4.81. The van der Waals surface area contributed by atoms with Gasteiger partial charge in [-0.25, -0.2) is 0 Å². The van der Waals surface area contributed by atoms with Crippen LogP contribution in [0, 0.1) is 6.92 Å². The number of aryl methyl sites for hydroxylation is 1. The minimum absolute atomic E-state index is 0.144. The molecule has 0 fully saturated rings. The summed E-state index contributed by atoms with van der Waals surface area (Å²) in [6, 6.07) is 4.42. The zero-order valence-electron chi connectivity index (χ0n) is 19.8. The summed E-state index contributed by atoms with van der Waals surface area (Å²) < 4.78 is 9.89. The van der Waals surface area contributed by atoms with Gasteiger partial charge in [-0.15, -0.1) is 0 Å². The zero-order valence-corrected chi connectivity index (χ0v) is 19.8. The Morgan fingerprint density at radius 2 is 1.65 bits per heavy atom. The Balaban J connectivity index is 2.75. The molecule has 1 aromatic carbocycles. The number of Topliss-reactive ketones (excluding diaryl/α,β-unsaturated/α-hetero) is 1. The molecule has 12 nitrogen and oxygen atoms in total. The topological polar surface area (TPSA) is 192 Å². The van der Waals surface area contributed by atoms with Gasteiger partial charge in [0.15, 0.2) is 11.3 Å². The van der Waals surface area contributed by atoms with Crippen molar-refractivity contribution in [3.8, 4) is 0 Å². The summed E-state index contributed by atoms with van der Waals surface area (Å²) in [5.74, 6) is -3.86. The van der Waals surface area contributed by atoms with Gasteiger partial charge in [-0.05, 0) is 32.9 Å². The summed E-state index contributed by atoms with van der Waals surface area (Å²) in [7, 11) is 1.47. The molecule has 34 heavy (non-hydrogen) atoms. The van der Waals surface area contributed by atoms with Crippen LogP contribution in [-0.4, -0.2) is 74.0 Å². The van der Waals surface area contributed by atoms with Gasteiger partial charge in [0, 0.05) is 12.8 Å². The summed E-state index contributed by atoms with van der Waals surface area (Å²) in [5.41, 5.74) is 10.5. The van der Waals surface area contributed by atoms with Crippen LogP contribution >= 0.6 is 0 Å². The first-order valence-corrected chi connectivity index (χ1v) is 10.5. The number of hydrogen-bond acceptors (Lipinski definition) is 8. The first-order chi connectivity index (χ1) is 15.9. The maximum absolute atomic E-state index is 12.6. The molecule has 12 heteroatoms. The zero-order chi connectivity index (χ0) is 25.9. The molecule has 0 unspecified atom stereocenters. The van der Waals surface area contributed by atoms with Crippen LogP contribution in [0.5, 0.6) is 0 Å². The second-order valence-corrected chi connectivity index (χ2v) is 7.95. The Labute approximate surface area is 198 Å². The number of ketones is 1. The number of carbonyl (C=O) groups is 5. The molecule has 7 N–H and O–H groups in total. The Bertz CT molecular complexity index is 886. The first kappa shape index (κ1) is 28.7. The molecule has 0 saturated carbocycles. The third kappa shape index (κ3) is 9.25. The summed E-state index contributed by atoms with van der Waals surface area (Å²) in [6.07, 6.45) is -0.462. The van der Waals surface area contributed by atoms with Crippen LogP contribution in [0.3, 0.4) is 0 Å². The predicted octanol–water partition coefficient (Wildman–Crippen LogP) is -1.25. The molecule has 0 aliphatic carbocycles. The van der Waals surface area contributed by atoms with Crippen molar-refractivity contribution in [1.82, 2.24) is 10.6 Å². The lowest BCUT2D eigenvalue weighted by molar-refractivity contribution is -0.140. The Morgan fingerprint density at radius 3 is 2.21 bits per heavy atom. The SMILES string of the molecule is COCCOCC(=O)[C@@](C)(N)C(=O)N[C@@H](C)C(=O)N[C@@H](CC(N)=O)C(=O)Nc1ccc(C)cc1. The Kier molecular flexibility index (Phi) is 11.3. The molecule has 3 atom stereocenters. The average molecular weight is 480 g/mol. The first-order valence-electron chi connectivity index (χ1n) is 10.5. The number of primary amides is 1. The van der Waals surface area contributed by atoms with E-state index in [1.807, 2.05) is 6.92 Å². The molecule has 1 aromatic rings. The van der Waals surface area contributed by atoms with Gasteiger partial charge in [-0.1, -0.05) is 17.7 Å². The second kappa shape index (κ2) is 13.4. The normalized spacial score (nSPS) is 14.3. The molecule has 1 rings (SSSR count).